The quantitative estimate of drug-likeness (QED) is 0.471. The van der Waals surface area contributed by atoms with Crippen molar-refractivity contribution in [1.29, 1.82) is 0 Å². The van der Waals surface area contributed by atoms with Gasteiger partial charge in [0.2, 0.25) is 0 Å². The van der Waals surface area contributed by atoms with E-state index >= 15 is 0 Å². The smallest absolute Gasteiger partial charge is 0.308 e. The number of carbonyl (C=O) groups is 1. The van der Waals surface area contributed by atoms with Crippen molar-refractivity contribution in [2.75, 3.05) is 6.61 Å². The average Bonchev–Trinajstić information content (AvgIpc) is 2.33. The Morgan fingerprint density at radius 3 is 1.91 bits per heavy atom. The van der Waals surface area contributed by atoms with Crippen LogP contribution in [0, 0.1) is 22.7 Å². The van der Waals surface area contributed by atoms with Gasteiger partial charge in [0.25, 0.3) is 0 Å². The molecule has 2 heteroatoms. The van der Waals surface area contributed by atoms with Gasteiger partial charge in [-0.15, -0.1) is 0 Å². The number of ether oxygens (including phenoxy) is 1. The third-order valence-corrected chi connectivity index (χ3v) is 4.21. The van der Waals surface area contributed by atoms with Gasteiger partial charge in [-0.3, -0.25) is 4.79 Å². The van der Waals surface area contributed by atoms with Gasteiger partial charge in [0, 0.05) is 0 Å². The zero-order valence-electron chi connectivity index (χ0n) is 16.4. The number of esters is 1. The molecule has 0 amide bonds. The highest BCUT2D eigenvalue weighted by atomic mass is 16.5. The molecule has 0 spiro atoms. The maximum Gasteiger partial charge on any atom is 0.308 e. The van der Waals surface area contributed by atoms with Crippen molar-refractivity contribution in [3.63, 3.8) is 0 Å². The molecule has 0 saturated heterocycles. The highest BCUT2D eigenvalue weighted by molar-refractivity contribution is 5.71. The van der Waals surface area contributed by atoms with Crippen LogP contribution < -0.4 is 0 Å². The van der Waals surface area contributed by atoms with E-state index in [4.69, 9.17) is 4.74 Å². The third-order valence-electron chi connectivity index (χ3n) is 4.21. The van der Waals surface area contributed by atoms with Crippen molar-refractivity contribution < 1.29 is 9.53 Å². The lowest BCUT2D eigenvalue weighted by Gasteiger charge is -2.21. The van der Waals surface area contributed by atoms with Crippen molar-refractivity contribution in [1.82, 2.24) is 0 Å². The molecule has 0 aromatic heterocycles. The largest absolute Gasteiger partial charge is 0.465 e. The van der Waals surface area contributed by atoms with Crippen LogP contribution in [-0.4, -0.2) is 12.6 Å². The van der Waals surface area contributed by atoms with Crippen LogP contribution in [0.25, 0.3) is 0 Å². The Kier molecular flexibility index (Phi) is 9.34. The Morgan fingerprint density at radius 2 is 1.41 bits per heavy atom. The van der Waals surface area contributed by atoms with Crippen LogP contribution in [0.15, 0.2) is 0 Å². The normalized spacial score (nSPS) is 15.5. The van der Waals surface area contributed by atoms with Gasteiger partial charge in [0.15, 0.2) is 0 Å². The Bertz CT molecular complexity index is 307. The Hall–Kier alpha value is -0.530. The zero-order chi connectivity index (χ0) is 17.4. The molecule has 2 atom stereocenters. The van der Waals surface area contributed by atoms with Gasteiger partial charge in [0.1, 0.15) is 0 Å². The molecule has 0 heterocycles. The summed E-state index contributed by atoms with van der Waals surface area (Å²) in [6.45, 7) is 18.3. The molecular weight excluding hydrogens is 272 g/mol. The van der Waals surface area contributed by atoms with Gasteiger partial charge >= 0.3 is 5.97 Å². The monoisotopic (exact) mass is 312 g/mol. The first-order chi connectivity index (χ1) is 9.91. The maximum absolute atomic E-state index is 12.0. The Labute approximate surface area is 139 Å². The first-order valence-corrected chi connectivity index (χ1v) is 9.07. The minimum Gasteiger partial charge on any atom is -0.465 e. The van der Waals surface area contributed by atoms with Crippen LogP contribution in [0.3, 0.4) is 0 Å². The molecule has 0 aliphatic carbocycles. The molecule has 0 saturated carbocycles. The standard InChI is InChI=1S/C20H40O2/c1-16(10-9-13-19(3,4)5)12-15-22-18(21)17(2)11-14-20(6,7)8/h16-17H,9-15H2,1-8H3. The summed E-state index contributed by atoms with van der Waals surface area (Å²) in [5.41, 5.74) is 0.713. The fourth-order valence-electron chi connectivity index (χ4n) is 2.40. The van der Waals surface area contributed by atoms with Gasteiger partial charge in [-0.2, -0.15) is 0 Å². The topological polar surface area (TPSA) is 26.3 Å². The van der Waals surface area contributed by atoms with E-state index in [2.05, 4.69) is 48.5 Å². The van der Waals surface area contributed by atoms with E-state index in [1.807, 2.05) is 6.92 Å². The predicted octanol–water partition coefficient (Wildman–Crippen LogP) is 6.23. The lowest BCUT2D eigenvalue weighted by molar-refractivity contribution is -0.148. The second kappa shape index (κ2) is 9.57. The van der Waals surface area contributed by atoms with E-state index in [0.29, 0.717) is 17.9 Å². The second-order valence-electron chi connectivity index (χ2n) is 9.51. The fraction of sp³-hybridized carbons (Fsp3) is 0.950. The molecule has 0 aliphatic heterocycles. The van der Waals surface area contributed by atoms with Crippen LogP contribution in [0.4, 0.5) is 0 Å². The molecule has 0 fully saturated rings. The van der Waals surface area contributed by atoms with Crippen molar-refractivity contribution >= 4 is 5.97 Å². The van der Waals surface area contributed by atoms with Crippen molar-refractivity contribution in [3.05, 3.63) is 0 Å². The molecule has 132 valence electrons. The Morgan fingerprint density at radius 1 is 0.864 bits per heavy atom. The molecule has 0 aromatic rings. The summed E-state index contributed by atoms with van der Waals surface area (Å²) in [4.78, 5) is 12.0. The first kappa shape index (κ1) is 21.5. The van der Waals surface area contributed by atoms with Crippen LogP contribution in [0.1, 0.15) is 93.9 Å². The third kappa shape index (κ3) is 13.2. The minimum atomic E-state index is -0.0221. The lowest BCUT2D eigenvalue weighted by Crippen LogP contribution is -2.18. The van der Waals surface area contributed by atoms with Crippen LogP contribution >= 0.6 is 0 Å². The van der Waals surface area contributed by atoms with E-state index in [-0.39, 0.29) is 17.3 Å². The van der Waals surface area contributed by atoms with Gasteiger partial charge < -0.3 is 4.74 Å². The van der Waals surface area contributed by atoms with Crippen molar-refractivity contribution in [2.24, 2.45) is 22.7 Å². The molecule has 0 radical (unpaired) electrons. The molecule has 0 aliphatic rings. The van der Waals surface area contributed by atoms with E-state index in [0.717, 1.165) is 19.3 Å². The molecule has 0 rings (SSSR count). The second-order valence-corrected chi connectivity index (χ2v) is 9.51. The van der Waals surface area contributed by atoms with Crippen LogP contribution in [0.2, 0.25) is 0 Å². The van der Waals surface area contributed by atoms with E-state index in [9.17, 15) is 4.79 Å². The minimum absolute atomic E-state index is 0.0221. The summed E-state index contributed by atoms with van der Waals surface area (Å²) < 4.78 is 5.45. The molecule has 22 heavy (non-hydrogen) atoms. The molecule has 0 N–H and O–H groups in total. The van der Waals surface area contributed by atoms with Gasteiger partial charge in [-0.25, -0.2) is 0 Å². The van der Waals surface area contributed by atoms with E-state index in [1.165, 1.54) is 19.3 Å². The summed E-state index contributed by atoms with van der Waals surface area (Å²) in [5, 5.41) is 0. The predicted molar refractivity (Wildman–Crippen MR) is 95.9 cm³/mol. The molecule has 0 aromatic carbocycles. The van der Waals surface area contributed by atoms with Gasteiger partial charge in [0.05, 0.1) is 12.5 Å². The summed E-state index contributed by atoms with van der Waals surface area (Å²) in [6, 6.07) is 0. The molecule has 2 nitrogen and oxygen atoms in total. The maximum atomic E-state index is 12.0. The summed E-state index contributed by atoms with van der Waals surface area (Å²) in [7, 11) is 0. The highest BCUT2D eigenvalue weighted by Crippen LogP contribution is 2.25. The zero-order valence-corrected chi connectivity index (χ0v) is 16.4. The van der Waals surface area contributed by atoms with Gasteiger partial charge in [-0.1, -0.05) is 68.2 Å². The highest BCUT2D eigenvalue weighted by Gasteiger charge is 2.19. The molecule has 2 unspecified atom stereocenters. The molecule has 0 bridgehead atoms. The SMILES string of the molecule is CC(CCCC(C)(C)C)CCOC(=O)C(C)CCC(C)(C)C. The number of hydrogen-bond acceptors (Lipinski definition) is 2. The molecular formula is C20H40O2. The first-order valence-electron chi connectivity index (χ1n) is 9.07. The van der Waals surface area contributed by atoms with E-state index < -0.39 is 0 Å². The van der Waals surface area contributed by atoms with Crippen molar-refractivity contribution in [2.45, 2.75) is 93.9 Å². The lowest BCUT2D eigenvalue weighted by atomic mass is 9.87. The number of carbonyl (C=O) groups excluding carboxylic acids is 1. The number of hydrogen-bond donors (Lipinski definition) is 0. The van der Waals surface area contributed by atoms with Crippen molar-refractivity contribution in [3.8, 4) is 0 Å². The van der Waals surface area contributed by atoms with Gasteiger partial charge in [-0.05, 0) is 42.4 Å². The fourth-order valence-corrected chi connectivity index (χ4v) is 2.40. The Balaban J connectivity index is 3.78. The van der Waals surface area contributed by atoms with Crippen LogP contribution in [0.5, 0.6) is 0 Å². The summed E-state index contributed by atoms with van der Waals surface area (Å²) in [6.07, 6.45) is 6.73. The van der Waals surface area contributed by atoms with E-state index in [1.54, 1.807) is 0 Å². The number of rotatable bonds is 9. The summed E-state index contributed by atoms with van der Waals surface area (Å²) in [5.74, 6) is 0.640. The summed E-state index contributed by atoms with van der Waals surface area (Å²) >= 11 is 0. The van der Waals surface area contributed by atoms with Crippen LogP contribution in [-0.2, 0) is 9.53 Å². The average molecular weight is 313 g/mol.